The second-order valence-electron chi connectivity index (χ2n) is 7.96. The molecule has 1 fully saturated rings. The number of benzene rings is 1. The summed E-state index contributed by atoms with van der Waals surface area (Å²) in [4.78, 5) is 13.5. The number of anilines is 1. The van der Waals surface area contributed by atoms with E-state index in [1.54, 1.807) is 11.0 Å². The number of aryl methyl sites for hydroxylation is 1. The van der Waals surface area contributed by atoms with Crippen LogP contribution in [0.4, 0.5) is 5.82 Å². The zero-order chi connectivity index (χ0) is 22.9. The van der Waals surface area contributed by atoms with E-state index in [0.717, 1.165) is 54.4 Å². The number of hydrogen-bond donors (Lipinski definition) is 0. The molecule has 1 saturated heterocycles. The highest BCUT2D eigenvalue weighted by atomic mass is 35.5. The number of hydrogen-bond acceptors (Lipinski definition) is 7. The molecule has 0 unspecified atom stereocenters. The van der Waals surface area contributed by atoms with Crippen molar-refractivity contribution in [2.45, 2.75) is 13.2 Å². The van der Waals surface area contributed by atoms with Gasteiger partial charge in [-0.3, -0.25) is 14.1 Å². The van der Waals surface area contributed by atoms with Gasteiger partial charge >= 0.3 is 0 Å². The normalized spacial score (nSPS) is 14.8. The lowest BCUT2D eigenvalue weighted by molar-refractivity contribution is 0.194. The Morgan fingerprint density at radius 1 is 1.12 bits per heavy atom. The molecule has 0 N–H and O–H groups in total. The Labute approximate surface area is 201 Å². The zero-order valence-electron chi connectivity index (χ0n) is 18.3. The van der Waals surface area contributed by atoms with Crippen molar-refractivity contribution in [3.05, 3.63) is 59.2 Å². The molecule has 1 aliphatic heterocycles. The molecule has 3 aromatic heterocycles. The summed E-state index contributed by atoms with van der Waals surface area (Å²) >= 11 is 11.8. The Balaban J connectivity index is 1.33. The third kappa shape index (κ3) is 4.17. The monoisotopic (exact) mass is 481 g/mol. The molecule has 33 heavy (non-hydrogen) atoms. The predicted octanol–water partition coefficient (Wildman–Crippen LogP) is 3.38. The Kier molecular flexibility index (Phi) is 5.96. The van der Waals surface area contributed by atoms with E-state index in [-0.39, 0.29) is 0 Å². The highest BCUT2D eigenvalue weighted by Crippen LogP contribution is 2.24. The first kappa shape index (κ1) is 21.7. The second-order valence-corrected chi connectivity index (χ2v) is 8.76. The van der Waals surface area contributed by atoms with Crippen molar-refractivity contribution in [1.82, 2.24) is 39.0 Å². The first-order valence-electron chi connectivity index (χ1n) is 10.7. The number of piperazine rings is 1. The SMILES string of the molecule is C=CCn1c(-c2ccc(Cl)cc2)nn(CN2CCN(c3ncnc4c3cnn4C)CC2)c1=S. The number of aromatic nitrogens is 7. The van der Waals surface area contributed by atoms with Crippen LogP contribution in [0.3, 0.4) is 0 Å². The average molecular weight is 482 g/mol. The molecule has 4 heterocycles. The van der Waals surface area contributed by atoms with Gasteiger partial charge in [0.25, 0.3) is 0 Å². The molecule has 1 aliphatic rings. The molecule has 5 rings (SSSR count). The first-order valence-corrected chi connectivity index (χ1v) is 11.5. The van der Waals surface area contributed by atoms with Crippen LogP contribution in [0.25, 0.3) is 22.4 Å². The fourth-order valence-corrected chi connectivity index (χ4v) is 4.52. The summed E-state index contributed by atoms with van der Waals surface area (Å²) in [5, 5.41) is 10.8. The quantitative estimate of drug-likeness (QED) is 0.309. The summed E-state index contributed by atoms with van der Waals surface area (Å²) in [5.41, 5.74) is 1.82. The van der Waals surface area contributed by atoms with E-state index in [1.807, 2.05) is 52.8 Å². The van der Waals surface area contributed by atoms with Crippen LogP contribution in [0.5, 0.6) is 0 Å². The lowest BCUT2D eigenvalue weighted by Gasteiger charge is -2.35. The van der Waals surface area contributed by atoms with Crippen LogP contribution >= 0.6 is 23.8 Å². The number of rotatable bonds is 6. The van der Waals surface area contributed by atoms with Crippen molar-refractivity contribution < 1.29 is 0 Å². The van der Waals surface area contributed by atoms with Crippen LogP contribution in [0.1, 0.15) is 0 Å². The van der Waals surface area contributed by atoms with E-state index in [1.165, 1.54) is 0 Å². The average Bonchev–Trinajstić information content (AvgIpc) is 3.36. The van der Waals surface area contributed by atoms with E-state index < -0.39 is 0 Å². The van der Waals surface area contributed by atoms with Crippen LogP contribution in [0.2, 0.25) is 5.02 Å². The molecule has 0 radical (unpaired) electrons. The van der Waals surface area contributed by atoms with Crippen LogP contribution < -0.4 is 4.90 Å². The number of allylic oxidation sites excluding steroid dienone is 1. The summed E-state index contributed by atoms with van der Waals surface area (Å²) in [5.74, 6) is 1.75. The van der Waals surface area contributed by atoms with E-state index in [4.69, 9.17) is 28.9 Å². The molecule has 170 valence electrons. The predicted molar refractivity (Wildman–Crippen MR) is 132 cm³/mol. The molecule has 9 nitrogen and oxygen atoms in total. The van der Waals surface area contributed by atoms with E-state index in [2.05, 4.69) is 31.4 Å². The van der Waals surface area contributed by atoms with Gasteiger partial charge in [-0.25, -0.2) is 14.6 Å². The van der Waals surface area contributed by atoms with Gasteiger partial charge in [0.1, 0.15) is 12.1 Å². The lowest BCUT2D eigenvalue weighted by Crippen LogP contribution is -2.47. The minimum atomic E-state index is 0.597. The smallest absolute Gasteiger partial charge is 0.199 e. The topological polar surface area (TPSA) is 72.8 Å². The van der Waals surface area contributed by atoms with Gasteiger partial charge < -0.3 is 4.90 Å². The van der Waals surface area contributed by atoms with Crippen LogP contribution in [0.15, 0.2) is 49.4 Å². The van der Waals surface area contributed by atoms with Gasteiger partial charge in [0.15, 0.2) is 16.2 Å². The Morgan fingerprint density at radius 2 is 1.88 bits per heavy atom. The van der Waals surface area contributed by atoms with Crippen molar-refractivity contribution in [1.29, 1.82) is 0 Å². The molecule has 0 spiro atoms. The molecule has 0 atom stereocenters. The molecule has 0 amide bonds. The molecule has 11 heteroatoms. The fourth-order valence-electron chi connectivity index (χ4n) is 4.13. The zero-order valence-corrected chi connectivity index (χ0v) is 19.9. The van der Waals surface area contributed by atoms with Crippen molar-refractivity contribution in [2.24, 2.45) is 7.05 Å². The van der Waals surface area contributed by atoms with E-state index in [0.29, 0.717) is 23.0 Å². The third-order valence-corrected chi connectivity index (χ3v) is 6.53. The summed E-state index contributed by atoms with van der Waals surface area (Å²) < 4.78 is 6.34. The van der Waals surface area contributed by atoms with Crippen molar-refractivity contribution in [2.75, 3.05) is 31.1 Å². The third-order valence-electron chi connectivity index (χ3n) is 5.85. The van der Waals surface area contributed by atoms with Crippen LogP contribution in [-0.2, 0) is 20.3 Å². The molecule has 1 aromatic carbocycles. The minimum Gasteiger partial charge on any atom is -0.353 e. The van der Waals surface area contributed by atoms with Crippen molar-refractivity contribution in [3.8, 4) is 11.4 Å². The second kappa shape index (κ2) is 9.05. The van der Waals surface area contributed by atoms with E-state index >= 15 is 0 Å². The van der Waals surface area contributed by atoms with Crippen molar-refractivity contribution >= 4 is 40.7 Å². The molecule has 0 bridgehead atoms. The molecule has 0 saturated carbocycles. The molecule has 4 aromatic rings. The van der Waals surface area contributed by atoms with Gasteiger partial charge in [-0.05, 0) is 36.5 Å². The van der Waals surface area contributed by atoms with Gasteiger partial charge in [0, 0.05) is 50.4 Å². The maximum atomic E-state index is 6.06. The van der Waals surface area contributed by atoms with Gasteiger partial charge in [0.05, 0.1) is 18.3 Å². The Bertz CT molecular complexity index is 1350. The highest BCUT2D eigenvalue weighted by molar-refractivity contribution is 7.71. The maximum absolute atomic E-state index is 6.06. The number of fused-ring (bicyclic) bond motifs is 1. The number of nitrogens with zero attached hydrogens (tertiary/aromatic N) is 9. The summed E-state index contributed by atoms with van der Waals surface area (Å²) in [6.45, 7) is 8.55. The Hall–Kier alpha value is -3.08. The van der Waals surface area contributed by atoms with Gasteiger partial charge in [-0.1, -0.05) is 17.7 Å². The van der Waals surface area contributed by atoms with E-state index in [9.17, 15) is 0 Å². The van der Waals surface area contributed by atoms with Gasteiger partial charge in [-0.2, -0.15) is 10.2 Å². The first-order chi connectivity index (χ1) is 16.0. The lowest BCUT2D eigenvalue weighted by atomic mass is 10.2. The molecular weight excluding hydrogens is 458 g/mol. The van der Waals surface area contributed by atoms with Gasteiger partial charge in [-0.15, -0.1) is 6.58 Å². The summed E-state index contributed by atoms with van der Waals surface area (Å²) in [6, 6.07) is 7.65. The highest BCUT2D eigenvalue weighted by Gasteiger charge is 2.22. The number of halogens is 1. The van der Waals surface area contributed by atoms with Crippen molar-refractivity contribution in [3.63, 3.8) is 0 Å². The fraction of sp³-hybridized carbons (Fsp3) is 0.318. The molecule has 0 aliphatic carbocycles. The maximum Gasteiger partial charge on any atom is 0.199 e. The summed E-state index contributed by atoms with van der Waals surface area (Å²) in [7, 11) is 1.89. The Morgan fingerprint density at radius 3 is 2.61 bits per heavy atom. The molecular formula is C22H24ClN9S. The van der Waals surface area contributed by atoms with Gasteiger partial charge in [0.2, 0.25) is 0 Å². The van der Waals surface area contributed by atoms with Crippen LogP contribution in [-0.4, -0.2) is 65.2 Å². The summed E-state index contributed by atoms with van der Waals surface area (Å²) in [6.07, 6.45) is 5.28. The minimum absolute atomic E-state index is 0.597. The largest absolute Gasteiger partial charge is 0.353 e. The van der Waals surface area contributed by atoms with Crippen LogP contribution in [0, 0.1) is 4.77 Å². The standard InChI is InChI=1S/C22H24ClN9S/c1-3-8-31-19(16-4-6-17(23)7-5-16)27-32(22(31)33)15-29-9-11-30(12-10-29)21-18-13-26-28(2)20(18)24-14-25-21/h3-7,13-14H,1,8-12,15H2,2H3.